The second-order valence-electron chi connectivity index (χ2n) is 6.79. The van der Waals surface area contributed by atoms with Gasteiger partial charge in [-0.25, -0.2) is 8.42 Å². The Morgan fingerprint density at radius 1 is 0.920 bits per heavy atom. The van der Waals surface area contributed by atoms with Crippen LogP contribution in [0.5, 0.6) is 11.5 Å². The minimum atomic E-state index is -3.54. The summed E-state index contributed by atoms with van der Waals surface area (Å²) < 4.78 is 38.9. The van der Waals surface area contributed by atoms with Gasteiger partial charge < -0.3 is 9.47 Å². The first-order chi connectivity index (χ1) is 11.9. The Morgan fingerprint density at radius 2 is 1.52 bits per heavy atom. The number of sulfonamides is 1. The number of benzene rings is 2. The first-order valence-electron chi connectivity index (χ1n) is 8.35. The molecule has 2 aliphatic rings. The van der Waals surface area contributed by atoms with Crippen LogP contribution in [-0.2, 0) is 23.0 Å². The van der Waals surface area contributed by atoms with Gasteiger partial charge >= 0.3 is 0 Å². The minimum absolute atomic E-state index is 0.224. The van der Waals surface area contributed by atoms with E-state index in [0.29, 0.717) is 30.2 Å². The normalized spacial score (nSPS) is 16.8. The molecule has 2 heterocycles. The molecule has 2 aromatic carbocycles. The number of hydrogen-bond acceptors (Lipinski definition) is 4. The van der Waals surface area contributed by atoms with Gasteiger partial charge in [0.1, 0.15) is 0 Å². The lowest BCUT2D eigenvalue weighted by Gasteiger charge is -2.29. The number of ether oxygens (including phenoxy) is 2. The van der Waals surface area contributed by atoms with Gasteiger partial charge in [-0.2, -0.15) is 4.31 Å². The maximum atomic E-state index is 13.3. The van der Waals surface area contributed by atoms with Crippen LogP contribution in [0, 0.1) is 20.8 Å². The van der Waals surface area contributed by atoms with Crippen molar-refractivity contribution >= 4 is 10.0 Å². The topological polar surface area (TPSA) is 55.8 Å². The van der Waals surface area contributed by atoms with E-state index < -0.39 is 10.0 Å². The number of aryl methyl sites for hydroxylation is 3. The number of rotatable bonds is 2. The molecule has 0 saturated heterocycles. The van der Waals surface area contributed by atoms with Crippen molar-refractivity contribution in [2.24, 2.45) is 0 Å². The fourth-order valence-corrected chi connectivity index (χ4v) is 5.66. The van der Waals surface area contributed by atoms with Crippen molar-refractivity contribution < 1.29 is 17.9 Å². The van der Waals surface area contributed by atoms with Crippen LogP contribution >= 0.6 is 0 Å². The summed E-state index contributed by atoms with van der Waals surface area (Å²) in [6.45, 7) is 6.77. The molecule has 0 aromatic heterocycles. The van der Waals surface area contributed by atoms with E-state index in [0.717, 1.165) is 33.6 Å². The summed E-state index contributed by atoms with van der Waals surface area (Å²) in [7, 11) is -3.54. The molecule has 4 rings (SSSR count). The van der Waals surface area contributed by atoms with Crippen molar-refractivity contribution in [3.63, 3.8) is 0 Å². The van der Waals surface area contributed by atoms with Gasteiger partial charge in [-0.15, -0.1) is 0 Å². The summed E-state index contributed by atoms with van der Waals surface area (Å²) in [5.41, 5.74) is 4.79. The SMILES string of the molecule is Cc1cc(C)c(S(=O)(=O)N2CCc3cc4c(cc3C2)OCO4)c(C)c1. The molecule has 0 atom stereocenters. The zero-order chi connectivity index (χ0) is 17.8. The zero-order valence-corrected chi connectivity index (χ0v) is 15.4. The molecule has 0 aliphatic carbocycles. The highest BCUT2D eigenvalue weighted by Gasteiger charge is 2.32. The van der Waals surface area contributed by atoms with Gasteiger partial charge in [0.05, 0.1) is 4.90 Å². The molecule has 5 nitrogen and oxygen atoms in total. The van der Waals surface area contributed by atoms with E-state index in [4.69, 9.17) is 9.47 Å². The summed E-state index contributed by atoms with van der Waals surface area (Å²) in [6, 6.07) is 7.74. The molecule has 0 spiro atoms. The number of nitrogens with zero attached hydrogens (tertiary/aromatic N) is 1. The maximum absolute atomic E-state index is 13.3. The third-order valence-electron chi connectivity index (χ3n) is 4.87. The predicted octanol–water partition coefficient (Wildman–Crippen LogP) is 3.09. The Morgan fingerprint density at radius 3 is 2.16 bits per heavy atom. The Hall–Kier alpha value is -2.05. The van der Waals surface area contributed by atoms with E-state index in [1.54, 1.807) is 4.31 Å². The largest absolute Gasteiger partial charge is 0.454 e. The molecule has 0 N–H and O–H groups in total. The van der Waals surface area contributed by atoms with Gasteiger partial charge in [0.2, 0.25) is 16.8 Å². The molecule has 2 aromatic rings. The summed E-state index contributed by atoms with van der Waals surface area (Å²) >= 11 is 0. The van der Waals surface area contributed by atoms with Crippen molar-refractivity contribution in [1.29, 1.82) is 0 Å². The second-order valence-corrected chi connectivity index (χ2v) is 8.67. The third kappa shape index (κ3) is 2.69. The van der Waals surface area contributed by atoms with Crippen LogP contribution in [0.2, 0.25) is 0 Å². The molecule has 0 unspecified atom stereocenters. The summed E-state index contributed by atoms with van der Waals surface area (Å²) in [4.78, 5) is 0.433. The molecular formula is C19H21NO4S. The van der Waals surface area contributed by atoms with Crippen LogP contribution in [0.1, 0.15) is 27.8 Å². The Labute approximate surface area is 148 Å². The Bertz CT molecular complexity index is 943. The van der Waals surface area contributed by atoms with E-state index in [1.807, 2.05) is 45.0 Å². The fourth-order valence-electron chi connectivity index (χ4n) is 3.83. The van der Waals surface area contributed by atoms with Crippen LogP contribution in [0.15, 0.2) is 29.2 Å². The van der Waals surface area contributed by atoms with E-state index in [1.165, 1.54) is 0 Å². The van der Waals surface area contributed by atoms with Crippen molar-refractivity contribution in [3.8, 4) is 11.5 Å². The molecule has 0 bridgehead atoms. The van der Waals surface area contributed by atoms with E-state index in [2.05, 4.69) is 0 Å². The van der Waals surface area contributed by atoms with Gasteiger partial charge in [-0.05, 0) is 61.6 Å². The summed E-state index contributed by atoms with van der Waals surface area (Å²) in [5.74, 6) is 1.45. The van der Waals surface area contributed by atoms with Crippen LogP contribution in [-0.4, -0.2) is 26.1 Å². The molecule has 0 radical (unpaired) electrons. The van der Waals surface area contributed by atoms with E-state index in [9.17, 15) is 8.42 Å². The molecule has 0 amide bonds. The molecule has 0 saturated carbocycles. The van der Waals surface area contributed by atoms with Crippen LogP contribution < -0.4 is 9.47 Å². The molecule has 132 valence electrons. The minimum Gasteiger partial charge on any atom is -0.454 e. The highest BCUT2D eigenvalue weighted by molar-refractivity contribution is 7.89. The standard InChI is InChI=1S/C19H21NO4S/c1-12-6-13(2)19(14(3)7-12)25(21,22)20-5-4-15-8-17-18(24-11-23-17)9-16(15)10-20/h6-9H,4-5,10-11H2,1-3H3. The van der Waals surface area contributed by atoms with Gasteiger partial charge in [-0.3, -0.25) is 0 Å². The fraction of sp³-hybridized carbons (Fsp3) is 0.368. The van der Waals surface area contributed by atoms with Crippen LogP contribution in [0.4, 0.5) is 0 Å². The average molecular weight is 359 g/mol. The summed E-state index contributed by atoms with van der Waals surface area (Å²) in [6.07, 6.45) is 0.676. The first-order valence-corrected chi connectivity index (χ1v) is 9.79. The van der Waals surface area contributed by atoms with Crippen molar-refractivity contribution in [3.05, 3.63) is 52.1 Å². The van der Waals surface area contributed by atoms with E-state index >= 15 is 0 Å². The molecule has 0 fully saturated rings. The van der Waals surface area contributed by atoms with Crippen molar-refractivity contribution in [2.75, 3.05) is 13.3 Å². The maximum Gasteiger partial charge on any atom is 0.243 e. The smallest absolute Gasteiger partial charge is 0.243 e. The molecule has 25 heavy (non-hydrogen) atoms. The highest BCUT2D eigenvalue weighted by Crippen LogP contribution is 2.38. The zero-order valence-electron chi connectivity index (χ0n) is 14.6. The third-order valence-corrected chi connectivity index (χ3v) is 7.03. The molecule has 6 heteroatoms. The lowest BCUT2D eigenvalue weighted by atomic mass is 10.0. The average Bonchev–Trinajstić information content (AvgIpc) is 2.97. The molecule has 2 aliphatic heterocycles. The lowest BCUT2D eigenvalue weighted by molar-refractivity contribution is 0.174. The quantitative estimate of drug-likeness (QED) is 0.827. The van der Waals surface area contributed by atoms with Gasteiger partial charge in [0.25, 0.3) is 0 Å². The van der Waals surface area contributed by atoms with Crippen LogP contribution in [0.25, 0.3) is 0 Å². The summed E-state index contributed by atoms with van der Waals surface area (Å²) in [5, 5.41) is 0. The monoisotopic (exact) mass is 359 g/mol. The van der Waals surface area contributed by atoms with Gasteiger partial charge in [0.15, 0.2) is 11.5 Å². The van der Waals surface area contributed by atoms with Gasteiger partial charge in [0, 0.05) is 13.1 Å². The first kappa shape index (κ1) is 16.4. The number of fused-ring (bicyclic) bond motifs is 2. The predicted molar refractivity (Wildman–Crippen MR) is 94.5 cm³/mol. The van der Waals surface area contributed by atoms with E-state index in [-0.39, 0.29) is 6.79 Å². The highest BCUT2D eigenvalue weighted by atomic mass is 32.2. The number of hydrogen-bond donors (Lipinski definition) is 0. The Balaban J connectivity index is 1.72. The second kappa shape index (κ2) is 5.75. The molecular weight excluding hydrogens is 338 g/mol. The van der Waals surface area contributed by atoms with Gasteiger partial charge in [-0.1, -0.05) is 17.7 Å². The van der Waals surface area contributed by atoms with Crippen molar-refractivity contribution in [1.82, 2.24) is 4.31 Å². The lowest BCUT2D eigenvalue weighted by Crippen LogP contribution is -2.36. The Kier molecular flexibility index (Phi) is 3.77. The van der Waals surface area contributed by atoms with Crippen molar-refractivity contribution in [2.45, 2.75) is 38.6 Å². The van der Waals surface area contributed by atoms with Crippen LogP contribution in [0.3, 0.4) is 0 Å².